The highest BCUT2D eigenvalue weighted by Crippen LogP contribution is 2.67. The number of alkyl carbamates (subject to hydrolysis) is 1. The number of aliphatic hydroxyl groups is 2. The first-order valence-corrected chi connectivity index (χ1v) is 21.3. The molecule has 16 nitrogen and oxygen atoms in total. The van der Waals surface area contributed by atoms with E-state index in [-0.39, 0.29) is 30.9 Å². The van der Waals surface area contributed by atoms with E-state index < -0.39 is 125 Å². The molecule has 2 unspecified atom stereocenters. The van der Waals surface area contributed by atoms with Gasteiger partial charge in [-0.3, -0.25) is 9.59 Å². The Morgan fingerprint density at radius 3 is 2.19 bits per heavy atom. The molecular weight excluding hydrogens is 806 g/mol. The van der Waals surface area contributed by atoms with Crippen LogP contribution in [0.3, 0.4) is 0 Å². The second kappa shape index (κ2) is 17.0. The zero-order valence-electron chi connectivity index (χ0n) is 37.6. The van der Waals surface area contributed by atoms with E-state index in [9.17, 15) is 34.2 Å². The average molecular weight is 870 g/mol. The molecule has 0 spiro atoms. The lowest BCUT2D eigenvalue weighted by Gasteiger charge is -2.71. The molecule has 2 saturated carbocycles. The van der Waals surface area contributed by atoms with Crippen molar-refractivity contribution in [3.63, 3.8) is 0 Å². The largest absolute Gasteiger partial charge is 0.456 e. The van der Waals surface area contributed by atoms with Gasteiger partial charge in [0.05, 0.1) is 30.2 Å². The van der Waals surface area contributed by atoms with E-state index in [0.29, 0.717) is 11.1 Å². The van der Waals surface area contributed by atoms with E-state index in [1.54, 1.807) is 71.9 Å². The molecule has 13 atom stereocenters. The van der Waals surface area contributed by atoms with Crippen molar-refractivity contribution in [2.45, 2.75) is 167 Å². The smallest absolute Gasteiger partial charge is 0.407 e. The zero-order chi connectivity index (χ0) is 45.9. The minimum atomic E-state index is -2.23. The molecule has 2 aliphatic heterocycles. The number of carbonyl (C=O) groups excluding carboxylic acids is 5. The number of aliphatic hydroxyl groups excluding tert-OH is 1. The lowest BCUT2D eigenvalue weighted by molar-refractivity contribution is -0.405. The quantitative estimate of drug-likeness (QED) is 0.154. The molecule has 2 bridgehead atoms. The maximum absolute atomic E-state index is 14.4. The third-order valence-corrected chi connectivity index (χ3v) is 13.4. The number of benzene rings is 1. The van der Waals surface area contributed by atoms with Gasteiger partial charge < -0.3 is 53.4 Å². The summed E-state index contributed by atoms with van der Waals surface area (Å²) in [7, 11) is 0. The number of esters is 4. The van der Waals surface area contributed by atoms with Crippen LogP contribution in [0.25, 0.3) is 0 Å². The summed E-state index contributed by atoms with van der Waals surface area (Å²) in [4.78, 5) is 68.1. The Balaban J connectivity index is 1.57. The summed E-state index contributed by atoms with van der Waals surface area (Å²) in [6, 6.07) is 7.04. The maximum atomic E-state index is 14.4. The Hall–Kier alpha value is -4.35. The van der Waals surface area contributed by atoms with Crippen LogP contribution >= 0.6 is 0 Å². The van der Waals surface area contributed by atoms with Crippen LogP contribution in [0, 0.1) is 22.7 Å². The summed E-state index contributed by atoms with van der Waals surface area (Å²) >= 11 is 0. The number of rotatable bonds is 11. The third-order valence-electron chi connectivity index (χ3n) is 13.4. The van der Waals surface area contributed by atoms with Crippen molar-refractivity contribution >= 4 is 30.0 Å². The van der Waals surface area contributed by atoms with Crippen LogP contribution < -0.4 is 5.32 Å². The fraction of sp³-hybridized carbons (Fsp3) is 0.674. The van der Waals surface area contributed by atoms with Crippen LogP contribution in [0.4, 0.5) is 4.79 Å². The number of nitrogens with one attached hydrogen (secondary N) is 1. The van der Waals surface area contributed by atoms with Crippen molar-refractivity contribution in [1.29, 1.82) is 0 Å². The van der Waals surface area contributed by atoms with E-state index in [0.717, 1.165) is 0 Å². The predicted octanol–water partition coefficient (Wildman–Crippen LogP) is 4.87. The highest BCUT2D eigenvalue weighted by molar-refractivity contribution is 5.89. The van der Waals surface area contributed by atoms with Crippen molar-refractivity contribution in [2.75, 3.05) is 6.61 Å². The van der Waals surface area contributed by atoms with Crippen LogP contribution in [0.15, 0.2) is 54.1 Å². The third kappa shape index (κ3) is 8.28. The number of carbonyl (C=O) groups is 5. The first-order chi connectivity index (χ1) is 28.8. The fourth-order valence-electron chi connectivity index (χ4n) is 10.7. The summed E-state index contributed by atoms with van der Waals surface area (Å²) in [5.74, 6) is -4.57. The van der Waals surface area contributed by atoms with Gasteiger partial charge in [0.1, 0.15) is 35.6 Å². The van der Waals surface area contributed by atoms with Crippen LogP contribution in [0.2, 0.25) is 0 Å². The van der Waals surface area contributed by atoms with E-state index in [1.165, 1.54) is 19.9 Å². The van der Waals surface area contributed by atoms with Gasteiger partial charge in [0, 0.05) is 37.5 Å². The van der Waals surface area contributed by atoms with Gasteiger partial charge in [-0.25, -0.2) is 14.4 Å². The van der Waals surface area contributed by atoms with Gasteiger partial charge >= 0.3 is 30.0 Å². The van der Waals surface area contributed by atoms with Crippen LogP contribution in [0.1, 0.15) is 106 Å². The van der Waals surface area contributed by atoms with Crippen LogP contribution in [-0.4, -0.2) is 119 Å². The molecule has 5 aliphatic rings. The summed E-state index contributed by atoms with van der Waals surface area (Å²) in [5.41, 5.74) is -6.65. The highest BCUT2D eigenvalue weighted by atomic mass is 16.7. The number of hydrogen-bond acceptors (Lipinski definition) is 15. The van der Waals surface area contributed by atoms with E-state index >= 15 is 0 Å². The summed E-state index contributed by atoms with van der Waals surface area (Å²) in [6.07, 6.45) is -9.36. The molecule has 3 N–H and O–H groups in total. The van der Waals surface area contributed by atoms with Gasteiger partial charge in [0.15, 0.2) is 24.1 Å². The molecule has 1 amide bonds. The van der Waals surface area contributed by atoms with Gasteiger partial charge in [0.25, 0.3) is 0 Å². The lowest BCUT2D eigenvalue weighted by Crippen LogP contribution is -2.83. The molecule has 1 aromatic rings. The van der Waals surface area contributed by atoms with Gasteiger partial charge in [0.2, 0.25) is 0 Å². The summed E-state index contributed by atoms with van der Waals surface area (Å²) < 4.78 is 50.2. The number of hydrogen-bond donors (Lipinski definition) is 3. The molecule has 62 heavy (non-hydrogen) atoms. The Bertz CT molecular complexity index is 1960. The molecule has 6 rings (SSSR count). The Morgan fingerprint density at radius 1 is 0.984 bits per heavy atom. The van der Waals surface area contributed by atoms with Gasteiger partial charge in [-0.05, 0) is 69.4 Å². The minimum Gasteiger partial charge on any atom is -0.456 e. The molecule has 2 saturated heterocycles. The topological polar surface area (TPSA) is 212 Å². The van der Waals surface area contributed by atoms with Gasteiger partial charge in [-0.1, -0.05) is 59.4 Å². The molecule has 4 fully saturated rings. The lowest BCUT2D eigenvalue weighted by atomic mass is 9.44. The monoisotopic (exact) mass is 869 g/mol. The molecule has 16 heteroatoms. The van der Waals surface area contributed by atoms with Crippen molar-refractivity contribution in [2.24, 2.45) is 22.7 Å². The van der Waals surface area contributed by atoms with Gasteiger partial charge in [-0.2, -0.15) is 0 Å². The highest BCUT2D eigenvalue weighted by Gasteiger charge is 2.79. The summed E-state index contributed by atoms with van der Waals surface area (Å²) in [6.45, 7) is 21.9. The summed E-state index contributed by atoms with van der Waals surface area (Å²) in [5, 5.41) is 28.1. The number of amides is 1. The number of fused-ring (bicyclic) bond motifs is 4. The van der Waals surface area contributed by atoms with Crippen molar-refractivity contribution in [3.05, 3.63) is 59.7 Å². The SMILES string of the molecule is C=CC1O[C@H]2C[C@H]3OC[C@@]3(OC(C)=O)[C@H]3[C@H](OC(=O)c4ccccc4)[C@]4(O)C[C@H](OC(=O)[C@H](O)C(CC(C)C)NC(=O)OC(C)(C)C)C(C)=C([C@H](OC(C)=O)[C@H](O1)[C@]23C)C4(C)C. The normalized spacial score (nSPS) is 35.5. The minimum absolute atomic E-state index is 0.0926. The Morgan fingerprint density at radius 2 is 1.65 bits per heavy atom. The maximum Gasteiger partial charge on any atom is 0.407 e. The first-order valence-electron chi connectivity index (χ1n) is 21.3. The second-order valence-electron chi connectivity index (χ2n) is 19.5. The van der Waals surface area contributed by atoms with Crippen molar-refractivity contribution in [3.8, 4) is 0 Å². The predicted molar refractivity (Wildman–Crippen MR) is 220 cm³/mol. The molecule has 342 valence electrons. The van der Waals surface area contributed by atoms with Crippen LogP contribution in [-0.2, 0) is 52.3 Å². The van der Waals surface area contributed by atoms with Crippen LogP contribution in [0.5, 0.6) is 0 Å². The van der Waals surface area contributed by atoms with Gasteiger partial charge in [-0.15, -0.1) is 0 Å². The molecule has 0 radical (unpaired) electrons. The van der Waals surface area contributed by atoms with Crippen molar-refractivity contribution < 1.29 is 72.1 Å². The molecule has 2 heterocycles. The van der Waals surface area contributed by atoms with E-state index in [4.69, 9.17) is 37.9 Å². The molecule has 0 aromatic heterocycles. The first kappa shape index (κ1) is 47.1. The van der Waals surface area contributed by atoms with E-state index in [2.05, 4.69) is 11.9 Å². The fourth-order valence-corrected chi connectivity index (χ4v) is 10.7. The zero-order valence-corrected chi connectivity index (χ0v) is 37.6. The molecular formula is C46H63NO15. The second-order valence-corrected chi connectivity index (χ2v) is 19.5. The molecule has 1 aromatic carbocycles. The Kier molecular flexibility index (Phi) is 12.9. The average Bonchev–Trinajstić information content (AvgIpc) is 3.15. The standard InChI is InChI=1S/C46H63NO15/c1-13-32-58-30-20-31-45(22-55-31,61-26(6)49)36-38(60-39(51)27-17-15-14-16-18-27)46(54)21-29(57-40(52)34(50)28(19-23(2)3)47-41(53)62-42(7,8)9)24(4)33(43(46,10)11)35(56-25(5)48)37(59-32)44(30,36)12/h13-18,23,28-32,34-38,50,54H,1,19-22H2,2-12H3,(H,47,53)/t28?,29-,30-,31+,32?,34+,35-,36-,37-,38-,44+,45-,46+/m0/s1. The van der Waals surface area contributed by atoms with Crippen molar-refractivity contribution in [1.82, 2.24) is 5.32 Å². The molecule has 3 aliphatic carbocycles. The number of ether oxygens (including phenoxy) is 8. The Labute approximate surface area is 362 Å². The van der Waals surface area contributed by atoms with E-state index in [1.807, 2.05) is 20.8 Å².